The number of methoxy groups -OCH3 is 4. The third-order valence-electron chi connectivity index (χ3n) is 6.57. The van der Waals surface area contributed by atoms with Gasteiger partial charge >= 0.3 is 0 Å². The van der Waals surface area contributed by atoms with Crippen molar-refractivity contribution in [2.45, 2.75) is 4.90 Å². The smallest absolute Gasteiger partial charge is 0.253 e. The van der Waals surface area contributed by atoms with Gasteiger partial charge in [0.05, 0.1) is 32.3 Å². The number of anilines is 1. The minimum absolute atomic E-state index is 0.123. The number of sulfonamides is 1. The molecule has 13 heteroatoms. The van der Waals surface area contributed by atoms with Crippen LogP contribution in [-0.2, 0) is 19.5 Å². The molecule has 11 nitrogen and oxygen atoms in total. The largest absolute Gasteiger partial charge is 0.495 e. The highest BCUT2D eigenvalue weighted by molar-refractivity contribution is 7.89. The summed E-state index contributed by atoms with van der Waals surface area (Å²) in [5, 5.41) is 0.848. The summed E-state index contributed by atoms with van der Waals surface area (Å²) < 4.78 is 49.6. The van der Waals surface area contributed by atoms with Crippen LogP contribution >= 0.6 is 11.3 Å². The fourth-order valence-corrected chi connectivity index (χ4v) is 6.88. The fraction of sp³-hybridized carbons (Fsp3) is 0.462. The van der Waals surface area contributed by atoms with Crippen molar-refractivity contribution in [2.75, 3.05) is 85.8 Å². The standard InChI is InChI=1S/C26H34N4O7S2/c1-34-17-15-30(16-18-35-2)39(32,33)20-7-5-19(6-8-20)25(31)28-11-13-29(14-12-28)26-27-23-21(36-3)9-10-22(37-4)24(23)38-26/h5-10H,11-18H2,1-4H3. The molecular formula is C26H34N4O7S2. The minimum atomic E-state index is -3.75. The van der Waals surface area contributed by atoms with Crippen LogP contribution < -0.4 is 14.4 Å². The summed E-state index contributed by atoms with van der Waals surface area (Å²) >= 11 is 1.54. The van der Waals surface area contributed by atoms with Crippen LogP contribution in [0.15, 0.2) is 41.3 Å². The molecule has 2 aromatic carbocycles. The average Bonchev–Trinajstić information content (AvgIpc) is 3.42. The number of thiazole rings is 1. The van der Waals surface area contributed by atoms with E-state index in [0.717, 1.165) is 21.1 Å². The van der Waals surface area contributed by atoms with Crippen LogP contribution in [0.25, 0.3) is 10.2 Å². The third-order valence-corrected chi connectivity index (χ3v) is 9.61. The molecule has 0 bridgehead atoms. The Bertz CT molecular complexity index is 1320. The van der Waals surface area contributed by atoms with Crippen LogP contribution in [0.1, 0.15) is 10.4 Å². The Morgan fingerprint density at radius 3 is 2.05 bits per heavy atom. The molecule has 0 N–H and O–H groups in total. The van der Waals surface area contributed by atoms with E-state index in [2.05, 4.69) is 4.90 Å². The normalized spacial score (nSPS) is 14.3. The number of nitrogens with zero attached hydrogens (tertiary/aromatic N) is 4. The first kappa shape index (κ1) is 29.0. The summed E-state index contributed by atoms with van der Waals surface area (Å²) in [5.74, 6) is 1.30. The maximum Gasteiger partial charge on any atom is 0.253 e. The molecule has 1 fully saturated rings. The van der Waals surface area contributed by atoms with Gasteiger partial charge in [-0.15, -0.1) is 0 Å². The van der Waals surface area contributed by atoms with E-state index >= 15 is 0 Å². The monoisotopic (exact) mass is 578 g/mol. The van der Waals surface area contributed by atoms with Crippen LogP contribution in [0.2, 0.25) is 0 Å². The summed E-state index contributed by atoms with van der Waals surface area (Å²) in [6.45, 7) is 3.24. The first-order chi connectivity index (χ1) is 18.8. The van der Waals surface area contributed by atoms with Crippen molar-refractivity contribution in [3.05, 3.63) is 42.0 Å². The summed E-state index contributed by atoms with van der Waals surface area (Å²) in [7, 11) is 2.54. The zero-order valence-corrected chi connectivity index (χ0v) is 24.2. The Hall–Kier alpha value is -2.97. The average molecular weight is 579 g/mol. The SMILES string of the molecule is COCCN(CCOC)S(=O)(=O)c1ccc(C(=O)N2CCN(c3nc4c(OC)ccc(OC)c4s3)CC2)cc1. The molecule has 0 atom stereocenters. The van der Waals surface area contributed by atoms with Gasteiger partial charge in [-0.1, -0.05) is 11.3 Å². The van der Waals surface area contributed by atoms with Gasteiger partial charge in [0.25, 0.3) is 5.91 Å². The lowest BCUT2D eigenvalue weighted by Gasteiger charge is -2.34. The van der Waals surface area contributed by atoms with Crippen LogP contribution in [-0.4, -0.2) is 109 Å². The number of rotatable bonds is 12. The first-order valence-electron chi connectivity index (χ1n) is 12.5. The summed E-state index contributed by atoms with van der Waals surface area (Å²) in [6.07, 6.45) is 0. The maximum atomic E-state index is 13.2. The Morgan fingerprint density at radius 1 is 0.897 bits per heavy atom. The Kier molecular flexibility index (Phi) is 9.62. The second kappa shape index (κ2) is 12.9. The number of piperazine rings is 1. The molecule has 1 aliphatic rings. The van der Waals surface area contributed by atoms with Gasteiger partial charge in [0.15, 0.2) is 5.13 Å². The number of amides is 1. The van der Waals surface area contributed by atoms with Gasteiger partial charge in [-0.25, -0.2) is 13.4 Å². The van der Waals surface area contributed by atoms with E-state index in [4.69, 9.17) is 23.9 Å². The predicted octanol–water partition coefficient (Wildman–Crippen LogP) is 2.56. The van der Waals surface area contributed by atoms with Gasteiger partial charge in [-0.2, -0.15) is 4.31 Å². The zero-order valence-electron chi connectivity index (χ0n) is 22.6. The maximum absolute atomic E-state index is 13.2. The van der Waals surface area contributed by atoms with Gasteiger partial charge in [0.1, 0.15) is 21.7 Å². The van der Waals surface area contributed by atoms with Crippen LogP contribution in [0.5, 0.6) is 11.5 Å². The van der Waals surface area contributed by atoms with Crippen molar-refractivity contribution in [2.24, 2.45) is 0 Å². The third kappa shape index (κ3) is 6.28. The lowest BCUT2D eigenvalue weighted by molar-refractivity contribution is 0.0746. The van der Waals surface area contributed by atoms with E-state index in [1.54, 1.807) is 31.3 Å². The van der Waals surface area contributed by atoms with E-state index in [-0.39, 0.29) is 37.1 Å². The topological polar surface area (TPSA) is 111 Å². The number of fused-ring (bicyclic) bond motifs is 1. The molecule has 39 heavy (non-hydrogen) atoms. The number of carbonyl (C=O) groups excluding carboxylic acids is 1. The highest BCUT2D eigenvalue weighted by Crippen LogP contribution is 2.40. The molecule has 0 aliphatic carbocycles. The van der Waals surface area contributed by atoms with Crippen LogP contribution in [0.4, 0.5) is 5.13 Å². The second-order valence-electron chi connectivity index (χ2n) is 8.84. The quantitative estimate of drug-likeness (QED) is 0.320. The number of ether oxygens (including phenoxy) is 4. The van der Waals surface area contributed by atoms with Crippen LogP contribution in [0, 0.1) is 0 Å². The van der Waals surface area contributed by atoms with Gasteiger partial charge in [0.2, 0.25) is 10.0 Å². The molecule has 1 aliphatic heterocycles. The number of aromatic nitrogens is 1. The van der Waals surface area contributed by atoms with E-state index in [0.29, 0.717) is 37.5 Å². The molecule has 0 spiro atoms. The van der Waals surface area contributed by atoms with Crippen LogP contribution in [0.3, 0.4) is 0 Å². The van der Waals surface area contributed by atoms with Crippen molar-refractivity contribution in [3.8, 4) is 11.5 Å². The molecule has 0 unspecified atom stereocenters. The first-order valence-corrected chi connectivity index (χ1v) is 14.7. The van der Waals surface area contributed by atoms with Gasteiger partial charge < -0.3 is 28.7 Å². The molecule has 0 radical (unpaired) electrons. The van der Waals surface area contributed by atoms with Crippen molar-refractivity contribution in [1.29, 1.82) is 0 Å². The highest BCUT2D eigenvalue weighted by Gasteiger charge is 2.27. The fourth-order valence-electron chi connectivity index (χ4n) is 4.35. The summed E-state index contributed by atoms with van der Waals surface area (Å²) in [5.41, 5.74) is 1.20. The highest BCUT2D eigenvalue weighted by atomic mass is 32.2. The summed E-state index contributed by atoms with van der Waals surface area (Å²) in [4.78, 5) is 22.0. The van der Waals surface area contributed by atoms with Crippen molar-refractivity contribution in [3.63, 3.8) is 0 Å². The molecule has 1 saturated heterocycles. The number of hydrogen-bond donors (Lipinski definition) is 0. The number of carbonyl (C=O) groups is 1. The predicted molar refractivity (Wildman–Crippen MR) is 150 cm³/mol. The Labute approximate surface area is 232 Å². The van der Waals surface area contributed by atoms with E-state index in [9.17, 15) is 13.2 Å². The molecule has 3 aromatic rings. The van der Waals surface area contributed by atoms with E-state index < -0.39 is 10.0 Å². The molecular weight excluding hydrogens is 544 g/mol. The Morgan fingerprint density at radius 2 is 1.49 bits per heavy atom. The zero-order chi connectivity index (χ0) is 28.0. The van der Waals surface area contributed by atoms with E-state index in [1.807, 2.05) is 12.1 Å². The van der Waals surface area contributed by atoms with Gasteiger partial charge in [-0.05, 0) is 36.4 Å². The summed E-state index contributed by atoms with van der Waals surface area (Å²) in [6, 6.07) is 9.80. The van der Waals surface area contributed by atoms with Gasteiger partial charge in [-0.3, -0.25) is 4.79 Å². The number of benzene rings is 2. The lowest BCUT2D eigenvalue weighted by atomic mass is 10.2. The molecule has 1 amide bonds. The van der Waals surface area contributed by atoms with Crippen molar-refractivity contribution >= 4 is 42.6 Å². The van der Waals surface area contributed by atoms with Crippen molar-refractivity contribution in [1.82, 2.24) is 14.2 Å². The molecule has 0 saturated carbocycles. The molecule has 1 aromatic heterocycles. The minimum Gasteiger partial charge on any atom is -0.495 e. The number of hydrogen-bond acceptors (Lipinski definition) is 10. The molecule has 212 valence electrons. The molecule has 4 rings (SSSR count). The Balaban J connectivity index is 1.42. The molecule has 2 heterocycles. The van der Waals surface area contributed by atoms with E-state index in [1.165, 1.54) is 42.0 Å². The van der Waals surface area contributed by atoms with Crippen molar-refractivity contribution < 1.29 is 32.2 Å². The van der Waals surface area contributed by atoms with Gasteiger partial charge in [0, 0.05) is 59.1 Å². The second-order valence-corrected chi connectivity index (χ2v) is 11.8. The lowest BCUT2D eigenvalue weighted by Crippen LogP contribution is -2.48.